The predicted octanol–water partition coefficient (Wildman–Crippen LogP) is 3.86. The Morgan fingerprint density at radius 2 is 1.84 bits per heavy atom. The van der Waals surface area contributed by atoms with E-state index in [9.17, 15) is 5.11 Å². The van der Waals surface area contributed by atoms with E-state index in [2.05, 4.69) is 17.2 Å². The van der Waals surface area contributed by atoms with E-state index in [4.69, 9.17) is 17.3 Å². The van der Waals surface area contributed by atoms with Crippen LogP contribution in [-0.4, -0.2) is 25.3 Å². The zero-order chi connectivity index (χ0) is 12.4. The van der Waals surface area contributed by atoms with Crippen LogP contribution in [0.4, 0.5) is 0 Å². The van der Waals surface area contributed by atoms with Crippen LogP contribution < -0.4 is 12.3 Å². The number of thiocarbonyl (C=S) groups is 2. The molecule has 0 aliphatic carbocycles. The maximum Gasteiger partial charge on any atom is 0.167 e. The topological polar surface area (TPSA) is 123 Å². The number of aliphatic hydroxyl groups excluding tert-OH is 2. The fourth-order valence-electron chi connectivity index (χ4n) is 1.49. The van der Waals surface area contributed by atoms with Crippen LogP contribution in [0.5, 0.6) is 0 Å². The minimum atomic E-state index is -0.500. The van der Waals surface area contributed by atoms with E-state index < -0.39 is 5.92 Å². The monoisotopic (exact) mass is 317 g/mol. The Hall–Kier alpha value is -1.19. The summed E-state index contributed by atoms with van der Waals surface area (Å²) in [5, 5.41) is 18.9. The number of hydrogen-bond acceptors (Lipinski definition) is 6. The second-order valence-corrected chi connectivity index (χ2v) is 5.46. The van der Waals surface area contributed by atoms with Crippen LogP contribution in [0, 0.1) is 0 Å². The van der Waals surface area contributed by atoms with Gasteiger partial charge in [-0.05, 0) is 36.6 Å². The molecule has 2 aromatic rings. The number of thiazole rings is 1. The van der Waals surface area contributed by atoms with Crippen molar-refractivity contribution in [2.45, 2.75) is 12.3 Å². The second kappa shape index (κ2) is 7.41. The first-order valence-corrected chi connectivity index (χ1v) is 6.51. The van der Waals surface area contributed by atoms with Gasteiger partial charge in [0.15, 0.2) is 10.1 Å². The molecule has 0 saturated heterocycles. The van der Waals surface area contributed by atoms with E-state index in [1.54, 1.807) is 0 Å². The van der Waals surface area contributed by atoms with Gasteiger partial charge < -0.3 is 22.5 Å². The van der Waals surface area contributed by atoms with E-state index in [1.165, 1.54) is 11.3 Å². The lowest BCUT2D eigenvalue weighted by atomic mass is 10.1. The lowest BCUT2D eigenvalue weighted by Crippen LogP contribution is -2.13. The van der Waals surface area contributed by atoms with Crippen LogP contribution in [0.25, 0.3) is 10.2 Å². The molecule has 5 nitrogen and oxygen atoms in total. The molecule has 0 aliphatic heterocycles. The van der Waals surface area contributed by atoms with E-state index in [0.29, 0.717) is 5.01 Å². The van der Waals surface area contributed by atoms with Gasteiger partial charge in [0.25, 0.3) is 0 Å². The summed E-state index contributed by atoms with van der Waals surface area (Å²) in [6.07, 6.45) is 0.129. The predicted molar refractivity (Wildman–Crippen MR) is 87.5 cm³/mol. The third-order valence-electron chi connectivity index (χ3n) is 2.29. The molecule has 8 N–H and O–H groups in total. The van der Waals surface area contributed by atoms with Crippen molar-refractivity contribution in [3.8, 4) is 0 Å². The standard InChI is InChI=1S/C11H9NO2S3.2H3N/c13-9(15)5-6(11(14)16)10-12-7-3-1-2-4-8(7)17-10;;/h1-4,6H,5H2,(H,13,15)(H,14,16);2*1H3. The van der Waals surface area contributed by atoms with E-state index >= 15 is 0 Å². The lowest BCUT2D eigenvalue weighted by Gasteiger charge is -2.08. The van der Waals surface area contributed by atoms with Gasteiger partial charge in [0.05, 0.1) is 16.1 Å². The summed E-state index contributed by atoms with van der Waals surface area (Å²) < 4.78 is 1.02. The Balaban J connectivity index is 0.00000162. The normalized spacial score (nSPS) is 11.2. The van der Waals surface area contributed by atoms with E-state index in [-0.39, 0.29) is 28.8 Å². The molecule has 1 aromatic carbocycles. The first kappa shape index (κ1) is 17.8. The number of para-hydroxylation sites is 1. The van der Waals surface area contributed by atoms with E-state index in [0.717, 1.165) is 10.2 Å². The van der Waals surface area contributed by atoms with Crippen LogP contribution >= 0.6 is 35.8 Å². The molecule has 2 rings (SSSR count). The summed E-state index contributed by atoms with van der Waals surface area (Å²) in [7, 11) is 0. The van der Waals surface area contributed by atoms with Gasteiger partial charge in [0, 0.05) is 6.42 Å². The Bertz CT molecular complexity index is 552. The molecule has 0 bridgehead atoms. The van der Waals surface area contributed by atoms with Crippen molar-refractivity contribution in [3.05, 3.63) is 29.3 Å². The maximum absolute atomic E-state index is 9.47. The molecule has 0 spiro atoms. The summed E-state index contributed by atoms with van der Waals surface area (Å²) in [4.78, 5) is 4.39. The molecule has 1 aromatic heterocycles. The van der Waals surface area contributed by atoms with Gasteiger partial charge in [-0.2, -0.15) is 0 Å². The highest BCUT2D eigenvalue weighted by Gasteiger charge is 2.22. The third-order valence-corrected chi connectivity index (χ3v) is 3.89. The van der Waals surface area contributed by atoms with Crippen molar-refractivity contribution in [1.29, 1.82) is 0 Å². The number of fused-ring (bicyclic) bond motifs is 1. The first-order chi connectivity index (χ1) is 8.08. The van der Waals surface area contributed by atoms with Crippen LogP contribution in [0.15, 0.2) is 24.3 Å². The molecule has 0 aliphatic rings. The minimum absolute atomic E-state index is 0. The fraction of sp³-hybridized carbons (Fsp3) is 0.182. The summed E-state index contributed by atoms with van der Waals surface area (Å²) in [5.41, 5.74) is 0.859. The summed E-state index contributed by atoms with van der Waals surface area (Å²) in [6.45, 7) is 0. The molecule has 0 saturated carbocycles. The van der Waals surface area contributed by atoms with Crippen LogP contribution in [0.1, 0.15) is 17.3 Å². The number of benzene rings is 1. The van der Waals surface area contributed by atoms with Crippen LogP contribution in [0.3, 0.4) is 0 Å². The molecule has 104 valence electrons. The molecule has 0 fully saturated rings. The third kappa shape index (κ3) is 4.15. The second-order valence-electron chi connectivity index (χ2n) is 3.51. The van der Waals surface area contributed by atoms with Crippen molar-refractivity contribution in [1.82, 2.24) is 17.3 Å². The molecule has 1 heterocycles. The number of aromatic nitrogens is 1. The number of hydrogen-bond donors (Lipinski definition) is 4. The van der Waals surface area contributed by atoms with Gasteiger partial charge in [0.1, 0.15) is 5.01 Å². The summed E-state index contributed by atoms with van der Waals surface area (Å²) >= 11 is 10.9. The number of nitrogens with zero attached hydrogens (tertiary/aromatic N) is 1. The summed E-state index contributed by atoms with van der Waals surface area (Å²) in [6, 6.07) is 7.66. The van der Waals surface area contributed by atoms with Gasteiger partial charge >= 0.3 is 0 Å². The first-order valence-electron chi connectivity index (χ1n) is 4.88. The molecule has 19 heavy (non-hydrogen) atoms. The number of aliphatic hydroxyl groups is 2. The van der Waals surface area contributed by atoms with Crippen LogP contribution in [-0.2, 0) is 0 Å². The molecule has 8 heteroatoms. The molecular weight excluding hydrogens is 302 g/mol. The minimum Gasteiger partial charge on any atom is -0.502 e. The van der Waals surface area contributed by atoms with Gasteiger partial charge in [-0.25, -0.2) is 4.98 Å². The molecule has 0 radical (unpaired) electrons. The largest absolute Gasteiger partial charge is 0.502 e. The number of rotatable bonds is 4. The SMILES string of the molecule is N.N.OC(=S)CC(C(O)=S)c1nc2ccccc2s1. The van der Waals surface area contributed by atoms with E-state index in [1.807, 2.05) is 24.3 Å². The highest BCUT2D eigenvalue weighted by molar-refractivity contribution is 7.80. The lowest BCUT2D eigenvalue weighted by molar-refractivity contribution is 0.511. The van der Waals surface area contributed by atoms with Gasteiger partial charge in [-0.1, -0.05) is 12.1 Å². The zero-order valence-electron chi connectivity index (χ0n) is 10.1. The Morgan fingerprint density at radius 1 is 1.21 bits per heavy atom. The van der Waals surface area contributed by atoms with Crippen molar-refractivity contribution >= 4 is 56.1 Å². The molecule has 0 amide bonds. The Morgan fingerprint density at radius 3 is 2.37 bits per heavy atom. The van der Waals surface area contributed by atoms with Crippen molar-refractivity contribution in [2.75, 3.05) is 0 Å². The maximum atomic E-state index is 9.47. The quantitative estimate of drug-likeness (QED) is 0.631. The Labute approximate surface area is 125 Å². The smallest absolute Gasteiger partial charge is 0.167 e. The van der Waals surface area contributed by atoms with Crippen LogP contribution in [0.2, 0.25) is 0 Å². The zero-order valence-corrected chi connectivity index (χ0v) is 12.5. The van der Waals surface area contributed by atoms with Crippen molar-refractivity contribution in [2.24, 2.45) is 0 Å². The van der Waals surface area contributed by atoms with Crippen molar-refractivity contribution in [3.63, 3.8) is 0 Å². The highest BCUT2D eigenvalue weighted by Crippen LogP contribution is 2.30. The average molecular weight is 317 g/mol. The Kier molecular flexibility index (Phi) is 6.95. The van der Waals surface area contributed by atoms with Gasteiger partial charge in [-0.3, -0.25) is 0 Å². The fourth-order valence-corrected chi connectivity index (χ4v) is 3.00. The van der Waals surface area contributed by atoms with Gasteiger partial charge in [0.2, 0.25) is 0 Å². The van der Waals surface area contributed by atoms with Crippen molar-refractivity contribution < 1.29 is 10.2 Å². The molecular formula is C11H15N3O2S3. The van der Waals surface area contributed by atoms with Gasteiger partial charge in [-0.15, -0.1) is 11.3 Å². The average Bonchev–Trinajstić information content (AvgIpc) is 2.68. The molecule has 1 atom stereocenters. The highest BCUT2D eigenvalue weighted by atomic mass is 32.1. The summed E-state index contributed by atoms with van der Waals surface area (Å²) in [5.74, 6) is -0.500. The molecule has 1 unspecified atom stereocenters.